The summed E-state index contributed by atoms with van der Waals surface area (Å²) >= 11 is 0. The van der Waals surface area contributed by atoms with Gasteiger partial charge in [-0.05, 0) is 122 Å². The van der Waals surface area contributed by atoms with Crippen molar-refractivity contribution in [3.05, 3.63) is 0 Å². The zero-order valence-electron chi connectivity index (χ0n) is 76.0. The van der Waals surface area contributed by atoms with Crippen LogP contribution in [0.15, 0.2) is 39.9 Å². The smallest absolute Gasteiger partial charge is 0.409 e. The Morgan fingerprint density at radius 2 is 0.440 bits per heavy atom. The van der Waals surface area contributed by atoms with Crippen molar-refractivity contribution in [2.75, 3.05) is 184 Å². The number of piperazine rings is 1. The van der Waals surface area contributed by atoms with Gasteiger partial charge in [0, 0.05) is 170 Å². The van der Waals surface area contributed by atoms with Gasteiger partial charge in [0.15, 0.2) is 47.7 Å². The van der Waals surface area contributed by atoms with Crippen molar-refractivity contribution in [1.82, 2.24) is 38.5 Å². The van der Waals surface area contributed by atoms with Gasteiger partial charge in [-0.15, -0.1) is 0 Å². The van der Waals surface area contributed by atoms with Crippen LogP contribution in [0.25, 0.3) is 0 Å². The number of nitrogens with zero attached hydrogens (tertiary/aromatic N) is 16. The van der Waals surface area contributed by atoms with E-state index in [1.54, 1.807) is 40.8 Å². The van der Waals surface area contributed by atoms with Crippen LogP contribution in [-0.4, -0.2) is 306 Å². The summed E-state index contributed by atoms with van der Waals surface area (Å²) in [6.07, 6.45) is 24.9. The highest BCUT2D eigenvalue weighted by Crippen LogP contribution is 2.56. The van der Waals surface area contributed by atoms with Crippen molar-refractivity contribution in [2.24, 2.45) is 132 Å². The van der Waals surface area contributed by atoms with Crippen LogP contribution in [0, 0.1) is 0 Å². The molecule has 1 saturated heterocycles. The third-order valence-electron chi connectivity index (χ3n) is 20.8. The van der Waals surface area contributed by atoms with Crippen LogP contribution in [0.1, 0.15) is 251 Å². The minimum Gasteiger partial charge on any atom is -0.448 e. The molecule has 0 radical (unpaired) electrons. The molecule has 0 aromatic rings. The second-order valence-electron chi connectivity index (χ2n) is 31.5. The molecule has 5 amide bonds. The molecule has 0 aromatic carbocycles. The van der Waals surface area contributed by atoms with E-state index in [1.165, 1.54) is 0 Å². The summed E-state index contributed by atoms with van der Waals surface area (Å²) in [5.74, 6) is 0.149. The number of hydrogen-bond acceptors (Lipinski definition) is 19. The van der Waals surface area contributed by atoms with E-state index >= 15 is 4.57 Å². The molecule has 0 saturated carbocycles. The number of nitrogens with two attached hydrogens (primary N) is 16. The largest absolute Gasteiger partial charge is 0.448 e. The monoisotopic (exact) mass is 1800 g/mol. The predicted octanol–water partition coefficient (Wildman–Crippen LogP) is 4.20. The van der Waals surface area contributed by atoms with Crippen LogP contribution < -0.4 is 91.7 Å². The number of aliphatic imine (C=N–C) groups is 8. The standard InChI is InChI=1S/C81H167N32O11P/c1-68(114)38-20-2-3-21-39-69(115)106-56-58-111(59-57-106)125(120,112(60-64-121-78(116)107(48-30-12-4-22-40-98-70(82)83)49-31-13-5-23-41-99-71(84)85)61-65-122-79(117)108(50-32-14-6-24-42-100-72(86)87)51-33-15-7-25-43-101-73(88)89)113(62-66-123-80(118)109(52-34-16-8-26-44-102-74(90)91)53-35-17-9-27-45-103-75(92)93)63-67-124-81(119)110(54-36-18-10-28-46-104-76(94)95)55-37-19-11-29-47-105-77(96)97/h2-67H2,1H3,(H4,82,83,98)(H4,84,85,99)(H4,86,87,100)(H4,88,89,101)(H4,90,91,102)(H4,92,93,103)(H4,94,95,104)(H4,96,97,105). The Balaban J connectivity index is 4.46. The van der Waals surface area contributed by atoms with E-state index in [0.717, 1.165) is 173 Å². The quantitative estimate of drug-likeness (QED) is 0.0133. The molecule has 32 N–H and O–H groups in total. The van der Waals surface area contributed by atoms with Crippen LogP contribution in [-0.2, 0) is 33.1 Å². The highest BCUT2D eigenvalue weighted by atomic mass is 31.2. The zero-order chi connectivity index (χ0) is 92.4. The number of rotatable bonds is 78. The Kier molecular flexibility index (Phi) is 67.8. The van der Waals surface area contributed by atoms with Crippen molar-refractivity contribution >= 4 is 91.3 Å². The van der Waals surface area contributed by atoms with E-state index in [-0.39, 0.29) is 145 Å². The van der Waals surface area contributed by atoms with E-state index in [1.807, 2.05) is 4.67 Å². The maximum Gasteiger partial charge on any atom is 0.409 e. The Morgan fingerprint density at radius 1 is 0.256 bits per heavy atom. The molecule has 1 heterocycles. The fourth-order valence-electron chi connectivity index (χ4n) is 14.0. The Bertz CT molecular complexity index is 2720. The summed E-state index contributed by atoms with van der Waals surface area (Å²) < 4.78 is 48.4. The molecule has 1 aliphatic heterocycles. The molecule has 0 aromatic heterocycles. The summed E-state index contributed by atoms with van der Waals surface area (Å²) in [5.41, 5.74) is 89.7. The molecular formula is C81H167N32O11P. The SMILES string of the molecule is CC(=O)CCCCCCC(=O)N1CCN(P(=O)(N(CCOC(=O)N(CCCCCCN=C(N)N)CCCCCCN=C(N)N)CCOC(=O)N(CCCCCCN=C(N)N)CCCCCCN=C(N)N)N(CCOC(=O)N(CCCCCCN=C(N)N)CCCCCCN=C(N)N)CCOC(=O)N(CCCCCCN=C(N)N)CCCCCCN=C(N)N)CC1. The first-order valence-electron chi connectivity index (χ1n) is 45.8. The van der Waals surface area contributed by atoms with Crippen LogP contribution in [0.4, 0.5) is 19.2 Å². The molecule has 0 spiro atoms. The number of hydrogen-bond donors (Lipinski definition) is 16. The molecule has 0 unspecified atom stereocenters. The van der Waals surface area contributed by atoms with E-state index in [2.05, 4.69) is 39.9 Å². The summed E-state index contributed by atoms with van der Waals surface area (Å²) in [4.78, 5) is 127. The van der Waals surface area contributed by atoms with Gasteiger partial charge >= 0.3 is 24.4 Å². The number of Topliss-reactive ketones (excluding diaryl/α,β-unsaturated/α-hetero) is 1. The van der Waals surface area contributed by atoms with E-state index in [0.29, 0.717) is 169 Å². The number of carbonyl (C=O) groups excluding carboxylic acids is 6. The topological polar surface area (TPSA) is 698 Å². The molecule has 1 aliphatic rings. The average Bonchev–Trinajstić information content (AvgIpc) is 0.771. The maximum atomic E-state index is 18.0. The summed E-state index contributed by atoms with van der Waals surface area (Å²) in [5, 5.41) is 0. The van der Waals surface area contributed by atoms with Crippen molar-refractivity contribution < 1.29 is 52.3 Å². The van der Waals surface area contributed by atoms with Crippen molar-refractivity contribution in [1.29, 1.82) is 0 Å². The molecule has 43 nitrogen and oxygen atoms in total. The normalized spacial score (nSPS) is 12.0. The van der Waals surface area contributed by atoms with Gasteiger partial charge < -0.3 is 140 Å². The highest BCUT2D eigenvalue weighted by molar-refractivity contribution is 7.56. The molecule has 0 bridgehead atoms. The molecule has 0 atom stereocenters. The first-order chi connectivity index (χ1) is 60.1. The lowest BCUT2D eigenvalue weighted by molar-refractivity contribution is -0.132. The first-order valence-corrected chi connectivity index (χ1v) is 47.4. The van der Waals surface area contributed by atoms with Crippen molar-refractivity contribution in [3.63, 3.8) is 0 Å². The lowest BCUT2D eigenvalue weighted by Crippen LogP contribution is -2.53. The molecular weight excluding hydrogens is 1630 g/mol. The van der Waals surface area contributed by atoms with E-state index < -0.39 is 32.0 Å². The van der Waals surface area contributed by atoms with Gasteiger partial charge in [0.25, 0.3) is 7.59 Å². The van der Waals surface area contributed by atoms with E-state index in [4.69, 9.17) is 111 Å². The Morgan fingerprint density at radius 3 is 0.632 bits per heavy atom. The molecule has 722 valence electrons. The molecule has 1 fully saturated rings. The third-order valence-corrected chi connectivity index (χ3v) is 24.2. The first kappa shape index (κ1) is 113. The predicted molar refractivity (Wildman–Crippen MR) is 502 cm³/mol. The molecule has 1 rings (SSSR count). The van der Waals surface area contributed by atoms with Gasteiger partial charge in [-0.2, -0.15) is 0 Å². The van der Waals surface area contributed by atoms with Gasteiger partial charge in [0.1, 0.15) is 32.2 Å². The van der Waals surface area contributed by atoms with Crippen molar-refractivity contribution in [2.45, 2.75) is 251 Å². The third kappa shape index (κ3) is 63.1. The van der Waals surface area contributed by atoms with Crippen LogP contribution in [0.5, 0.6) is 0 Å². The second kappa shape index (κ2) is 74.7. The van der Waals surface area contributed by atoms with Gasteiger partial charge in [0.2, 0.25) is 5.91 Å². The maximum absolute atomic E-state index is 18.0. The van der Waals surface area contributed by atoms with E-state index in [9.17, 15) is 28.8 Å². The number of ether oxygens (including phenoxy) is 4. The Hall–Kier alpha value is -9.51. The summed E-state index contributed by atoms with van der Waals surface area (Å²) in [7, 11) is -4.43. The summed E-state index contributed by atoms with van der Waals surface area (Å²) in [6, 6.07) is 0. The van der Waals surface area contributed by atoms with Crippen LogP contribution in [0.2, 0.25) is 0 Å². The number of carbonyl (C=O) groups is 6. The minimum atomic E-state index is -4.43. The highest BCUT2D eigenvalue weighted by Gasteiger charge is 2.45. The van der Waals surface area contributed by atoms with Crippen LogP contribution >= 0.6 is 7.59 Å². The lowest BCUT2D eigenvalue weighted by atomic mass is 10.1. The number of guanidine groups is 8. The fourth-order valence-corrected chi connectivity index (χ4v) is 17.1. The number of unbranched alkanes of at least 4 members (excludes halogenated alkanes) is 27. The lowest BCUT2D eigenvalue weighted by Gasteiger charge is -2.47. The molecule has 125 heavy (non-hydrogen) atoms. The number of ketones is 1. The van der Waals surface area contributed by atoms with Gasteiger partial charge in [-0.25, -0.2) is 33.2 Å². The average molecular weight is 1800 g/mol. The van der Waals surface area contributed by atoms with Gasteiger partial charge in [-0.3, -0.25) is 49.3 Å². The van der Waals surface area contributed by atoms with Gasteiger partial charge in [-0.1, -0.05) is 116 Å². The van der Waals surface area contributed by atoms with Gasteiger partial charge in [0.05, 0.1) is 0 Å². The Labute approximate surface area is 744 Å². The van der Waals surface area contributed by atoms with Crippen molar-refractivity contribution in [3.8, 4) is 0 Å². The molecule has 0 aliphatic carbocycles. The second-order valence-corrected chi connectivity index (χ2v) is 34.3. The molecule has 44 heteroatoms. The number of amides is 5. The van der Waals surface area contributed by atoms with Crippen LogP contribution in [0.3, 0.4) is 0 Å². The zero-order valence-corrected chi connectivity index (χ0v) is 76.9. The minimum absolute atomic E-state index is 0.0144. The summed E-state index contributed by atoms with van der Waals surface area (Å²) in [6.45, 7) is 6.72. The fraction of sp³-hybridized carbons (Fsp3) is 0.827.